The highest BCUT2D eigenvalue weighted by Gasteiger charge is 2.50. The van der Waals surface area contributed by atoms with E-state index in [1.54, 1.807) is 36.0 Å². The van der Waals surface area contributed by atoms with E-state index in [-0.39, 0.29) is 31.3 Å². The molecule has 3 aromatic carbocycles. The van der Waals surface area contributed by atoms with E-state index in [9.17, 15) is 9.18 Å². The maximum absolute atomic E-state index is 13.8. The number of amides is 1. The van der Waals surface area contributed by atoms with E-state index in [0.717, 1.165) is 22.4 Å². The van der Waals surface area contributed by atoms with Gasteiger partial charge >= 0.3 is 0 Å². The summed E-state index contributed by atoms with van der Waals surface area (Å²) >= 11 is 1.66. The van der Waals surface area contributed by atoms with E-state index < -0.39 is 11.6 Å². The molecule has 43 heavy (non-hydrogen) atoms. The highest BCUT2D eigenvalue weighted by molar-refractivity contribution is 7.98. The molecule has 3 N–H and O–H groups in total. The SMILES string of the molecule is C[C@@H]1OC(c2ccc(OCCCO)cc2)=N[C@]1(Cc1ccccc1CN=[N+]=[N-])C(=O)NNCCSCc1ccc(F)cc1. The Morgan fingerprint density at radius 2 is 1.91 bits per heavy atom. The molecule has 1 amide bonds. The number of carbonyl (C=O) groups excluding carboxylic acids is 1. The fourth-order valence-electron chi connectivity index (χ4n) is 4.57. The highest BCUT2D eigenvalue weighted by atomic mass is 32.2. The number of nitrogens with zero attached hydrogens (tertiary/aromatic N) is 4. The zero-order valence-electron chi connectivity index (χ0n) is 23.9. The monoisotopic (exact) mass is 606 g/mol. The molecule has 1 heterocycles. The van der Waals surface area contributed by atoms with Gasteiger partial charge in [-0.25, -0.2) is 14.8 Å². The smallest absolute Gasteiger partial charge is 0.266 e. The first-order chi connectivity index (χ1) is 20.9. The Balaban J connectivity index is 1.49. The number of aliphatic hydroxyl groups excluding tert-OH is 1. The summed E-state index contributed by atoms with van der Waals surface area (Å²) in [6.07, 6.45) is 0.156. The van der Waals surface area contributed by atoms with Crippen molar-refractivity contribution in [3.8, 4) is 5.75 Å². The summed E-state index contributed by atoms with van der Waals surface area (Å²) in [6, 6.07) is 21.1. The lowest BCUT2D eigenvalue weighted by Gasteiger charge is -2.29. The van der Waals surface area contributed by atoms with E-state index >= 15 is 0 Å². The first-order valence-corrected chi connectivity index (χ1v) is 15.1. The van der Waals surface area contributed by atoms with Gasteiger partial charge in [-0.15, -0.1) is 0 Å². The van der Waals surface area contributed by atoms with Crippen molar-refractivity contribution in [1.82, 2.24) is 10.9 Å². The first-order valence-electron chi connectivity index (χ1n) is 14.0. The minimum absolute atomic E-state index is 0.0560. The molecular formula is C31H35FN6O4S. The molecule has 12 heteroatoms. The molecule has 1 aliphatic rings. The van der Waals surface area contributed by atoms with Crippen LogP contribution in [0.1, 0.15) is 35.6 Å². The van der Waals surface area contributed by atoms with Crippen molar-refractivity contribution in [2.45, 2.75) is 43.7 Å². The van der Waals surface area contributed by atoms with Crippen molar-refractivity contribution >= 4 is 23.6 Å². The lowest BCUT2D eigenvalue weighted by Crippen LogP contribution is -2.56. The number of benzene rings is 3. The number of carbonyl (C=O) groups is 1. The standard InChI is InChI=1S/C31H35FN6O4S/c1-22-31(19-25-5-2-3-6-26(25)20-35-38-33,30(40)37-34-15-18-43-21-23-7-11-27(32)12-8-23)36-29(42-22)24-9-13-28(14-10-24)41-17-4-16-39/h2-3,5-14,22,34,39H,4,15-21H2,1H3,(H,37,40)/t22-,31-/m0/s1. The molecular weight excluding hydrogens is 571 g/mol. The molecule has 1 aliphatic heterocycles. The van der Waals surface area contributed by atoms with Gasteiger partial charge in [-0.2, -0.15) is 11.8 Å². The van der Waals surface area contributed by atoms with Crippen LogP contribution in [0.3, 0.4) is 0 Å². The molecule has 0 aromatic heterocycles. The third kappa shape index (κ3) is 8.71. The third-order valence-electron chi connectivity index (χ3n) is 6.97. The van der Waals surface area contributed by atoms with E-state index in [2.05, 4.69) is 20.9 Å². The van der Waals surface area contributed by atoms with Crippen LogP contribution in [0.25, 0.3) is 10.4 Å². The first kappa shape index (κ1) is 31.8. The summed E-state index contributed by atoms with van der Waals surface area (Å²) in [6.45, 7) is 2.93. The van der Waals surface area contributed by atoms with E-state index in [1.165, 1.54) is 12.1 Å². The molecule has 4 rings (SSSR count). The second kappa shape index (κ2) is 15.9. The maximum atomic E-state index is 13.8. The number of hydrogen-bond acceptors (Lipinski definition) is 8. The summed E-state index contributed by atoms with van der Waals surface area (Å²) in [5.74, 6) is 1.83. The number of rotatable bonds is 16. The molecule has 0 radical (unpaired) electrons. The normalized spacial score (nSPS) is 17.5. The number of thioether (sulfide) groups is 1. The number of halogens is 1. The van der Waals surface area contributed by atoms with Crippen molar-refractivity contribution in [1.29, 1.82) is 0 Å². The zero-order valence-corrected chi connectivity index (χ0v) is 24.7. The predicted octanol–water partition coefficient (Wildman–Crippen LogP) is 5.10. The highest BCUT2D eigenvalue weighted by Crippen LogP contribution is 2.34. The second-order valence-corrected chi connectivity index (χ2v) is 11.1. The molecule has 0 saturated heterocycles. The Kier molecular flexibility index (Phi) is 11.8. The Labute approximate surface area is 254 Å². The molecule has 10 nitrogen and oxygen atoms in total. The van der Waals surface area contributed by atoms with Gasteiger partial charge in [0.1, 0.15) is 17.7 Å². The summed E-state index contributed by atoms with van der Waals surface area (Å²) in [5, 5.41) is 12.7. The number of nitrogens with one attached hydrogen (secondary N) is 2. The quantitative estimate of drug-likeness (QED) is 0.0682. The zero-order chi connectivity index (χ0) is 30.5. The van der Waals surface area contributed by atoms with E-state index in [4.69, 9.17) is 25.1 Å². The maximum Gasteiger partial charge on any atom is 0.266 e. The second-order valence-electron chi connectivity index (χ2n) is 9.95. The fourth-order valence-corrected chi connectivity index (χ4v) is 5.39. The van der Waals surface area contributed by atoms with Crippen LogP contribution in [0, 0.1) is 5.82 Å². The molecule has 0 aliphatic carbocycles. The van der Waals surface area contributed by atoms with Gasteiger partial charge in [0, 0.05) is 48.0 Å². The largest absolute Gasteiger partial charge is 0.494 e. The molecule has 0 unspecified atom stereocenters. The predicted molar refractivity (Wildman–Crippen MR) is 165 cm³/mol. The number of aliphatic hydroxyl groups is 1. The van der Waals surface area contributed by atoms with Crippen LogP contribution < -0.4 is 15.6 Å². The van der Waals surface area contributed by atoms with E-state index in [0.29, 0.717) is 42.5 Å². The van der Waals surface area contributed by atoms with Crippen molar-refractivity contribution in [3.63, 3.8) is 0 Å². The van der Waals surface area contributed by atoms with E-state index in [1.807, 2.05) is 43.3 Å². The number of azide groups is 1. The number of hydrazine groups is 1. The van der Waals surface area contributed by atoms with Crippen molar-refractivity contribution in [2.24, 2.45) is 10.1 Å². The average Bonchev–Trinajstić information content (AvgIpc) is 3.36. The van der Waals surface area contributed by atoms with Crippen LogP contribution in [-0.2, 0) is 28.2 Å². The summed E-state index contributed by atoms with van der Waals surface area (Å²) in [5.41, 5.74) is 16.8. The molecule has 0 bridgehead atoms. The van der Waals surface area contributed by atoms with Crippen molar-refractivity contribution < 1.29 is 23.8 Å². The summed E-state index contributed by atoms with van der Waals surface area (Å²) < 4.78 is 25.0. The topological polar surface area (TPSA) is 141 Å². The number of hydrogen-bond donors (Lipinski definition) is 3. The number of aliphatic imine (C=N–C) groups is 1. The Morgan fingerprint density at radius 3 is 2.63 bits per heavy atom. The van der Waals surface area contributed by atoms with Gasteiger partial charge in [-0.1, -0.05) is 41.5 Å². The van der Waals surface area contributed by atoms with Gasteiger partial charge < -0.3 is 14.6 Å². The Morgan fingerprint density at radius 1 is 1.16 bits per heavy atom. The molecule has 226 valence electrons. The molecule has 2 atom stereocenters. The molecule has 3 aromatic rings. The van der Waals surface area contributed by atoms with Gasteiger partial charge in [0.2, 0.25) is 5.90 Å². The van der Waals surface area contributed by atoms with Crippen molar-refractivity contribution in [3.05, 3.63) is 111 Å². The Hall–Kier alpha value is -4.09. The van der Waals surface area contributed by atoms with Gasteiger partial charge in [0.15, 0.2) is 5.54 Å². The summed E-state index contributed by atoms with van der Waals surface area (Å²) in [4.78, 5) is 21.6. The molecule has 0 fully saturated rings. The van der Waals surface area contributed by atoms with Crippen LogP contribution in [0.5, 0.6) is 5.75 Å². The Bertz CT molecular complexity index is 1430. The van der Waals surface area contributed by atoms with Gasteiger partial charge in [-0.05, 0) is 65.5 Å². The van der Waals surface area contributed by atoms with Crippen molar-refractivity contribution in [2.75, 3.05) is 25.5 Å². The average molecular weight is 607 g/mol. The lowest BCUT2D eigenvalue weighted by molar-refractivity contribution is -0.129. The van der Waals surface area contributed by atoms with Crippen LogP contribution in [0.4, 0.5) is 4.39 Å². The number of ether oxygens (including phenoxy) is 2. The van der Waals surface area contributed by atoms with Crippen LogP contribution in [0.15, 0.2) is 82.9 Å². The molecule has 0 spiro atoms. The third-order valence-corrected chi connectivity index (χ3v) is 8.00. The lowest BCUT2D eigenvalue weighted by atomic mass is 9.84. The van der Waals surface area contributed by atoms with Gasteiger partial charge in [0.25, 0.3) is 5.91 Å². The van der Waals surface area contributed by atoms with Crippen LogP contribution in [-0.4, -0.2) is 54.1 Å². The van der Waals surface area contributed by atoms with Crippen LogP contribution >= 0.6 is 11.8 Å². The molecule has 0 saturated carbocycles. The van der Waals surface area contributed by atoms with Crippen LogP contribution in [0.2, 0.25) is 0 Å². The van der Waals surface area contributed by atoms with Gasteiger partial charge in [-0.3, -0.25) is 10.2 Å². The van der Waals surface area contributed by atoms with Gasteiger partial charge in [0.05, 0.1) is 13.2 Å². The minimum atomic E-state index is -1.30. The fraction of sp³-hybridized carbons (Fsp3) is 0.355. The minimum Gasteiger partial charge on any atom is -0.494 e. The summed E-state index contributed by atoms with van der Waals surface area (Å²) in [7, 11) is 0.